The summed E-state index contributed by atoms with van der Waals surface area (Å²) in [5, 5.41) is 3.22. The van der Waals surface area contributed by atoms with E-state index in [1.165, 1.54) is 6.07 Å². The fourth-order valence-electron chi connectivity index (χ4n) is 2.45. The summed E-state index contributed by atoms with van der Waals surface area (Å²) < 4.78 is 40.3. The van der Waals surface area contributed by atoms with Crippen molar-refractivity contribution in [1.29, 1.82) is 0 Å². The van der Waals surface area contributed by atoms with Crippen molar-refractivity contribution in [2.75, 3.05) is 6.54 Å². The molecule has 1 aromatic carbocycles. The summed E-state index contributed by atoms with van der Waals surface area (Å²) in [5.41, 5.74) is 1.26. The number of rotatable bonds is 5. The van der Waals surface area contributed by atoms with E-state index >= 15 is 0 Å². The van der Waals surface area contributed by atoms with Gasteiger partial charge in [-0.2, -0.15) is 0 Å². The molecule has 19 heavy (non-hydrogen) atoms. The summed E-state index contributed by atoms with van der Waals surface area (Å²) in [5.74, 6) is -3.61. The Hall–Kier alpha value is -1.29. The average molecular weight is 269 g/mol. The van der Waals surface area contributed by atoms with Crippen LogP contribution in [0.1, 0.15) is 44.2 Å². The van der Waals surface area contributed by atoms with Gasteiger partial charge in [0.2, 0.25) is 0 Å². The molecule has 1 aliphatic carbocycles. The van der Waals surface area contributed by atoms with E-state index < -0.39 is 17.5 Å². The minimum atomic E-state index is -1.39. The van der Waals surface area contributed by atoms with Gasteiger partial charge in [0.25, 0.3) is 0 Å². The molecule has 0 saturated heterocycles. The topological polar surface area (TPSA) is 12.0 Å². The summed E-state index contributed by atoms with van der Waals surface area (Å²) in [6.45, 7) is 2.72. The molecule has 1 N–H and O–H groups in total. The average Bonchev–Trinajstić information content (AvgIpc) is 2.92. The second kappa shape index (κ2) is 6.24. The minimum Gasteiger partial charge on any atom is -0.306 e. The minimum absolute atomic E-state index is 0.195. The first-order chi connectivity index (χ1) is 9.15. The maximum Gasteiger partial charge on any atom is 0.194 e. The lowest BCUT2D eigenvalue weighted by Crippen LogP contribution is -2.25. The van der Waals surface area contributed by atoms with Gasteiger partial charge < -0.3 is 5.32 Å². The van der Waals surface area contributed by atoms with Gasteiger partial charge in [-0.05, 0) is 38.3 Å². The molecule has 4 heteroatoms. The fourth-order valence-corrected chi connectivity index (χ4v) is 2.45. The zero-order chi connectivity index (χ0) is 13.8. The Morgan fingerprint density at radius 1 is 1.21 bits per heavy atom. The highest BCUT2D eigenvalue weighted by atomic mass is 19.2. The maximum atomic E-state index is 13.9. The highest BCUT2D eigenvalue weighted by Gasteiger charge is 2.24. The van der Waals surface area contributed by atoms with Crippen LogP contribution in [0, 0.1) is 17.5 Å². The van der Waals surface area contributed by atoms with Gasteiger partial charge >= 0.3 is 0 Å². The van der Waals surface area contributed by atoms with Crippen LogP contribution in [0.15, 0.2) is 23.8 Å². The van der Waals surface area contributed by atoms with Crippen molar-refractivity contribution in [2.45, 2.75) is 38.6 Å². The molecule has 0 heterocycles. The molecule has 0 bridgehead atoms. The summed E-state index contributed by atoms with van der Waals surface area (Å²) in [6.07, 6.45) is 5.83. The van der Waals surface area contributed by atoms with E-state index in [2.05, 4.69) is 11.4 Å². The molecule has 2 rings (SSSR count). The van der Waals surface area contributed by atoms with Crippen molar-refractivity contribution < 1.29 is 13.2 Å². The molecular formula is C15H18F3N. The predicted molar refractivity (Wildman–Crippen MR) is 69.3 cm³/mol. The molecule has 0 saturated carbocycles. The molecule has 1 aliphatic rings. The standard InChI is InChI=1S/C15H18F3N/c1-2-9-19-15(10-5-3-4-6-10)11-7-8-12(16)14(18)13(11)17/h5,7-8,15,19H,2-4,6,9H2,1H3. The van der Waals surface area contributed by atoms with E-state index in [1.807, 2.05) is 6.92 Å². The van der Waals surface area contributed by atoms with Crippen molar-refractivity contribution in [3.05, 3.63) is 46.8 Å². The zero-order valence-electron chi connectivity index (χ0n) is 11.0. The first-order valence-electron chi connectivity index (χ1n) is 6.70. The van der Waals surface area contributed by atoms with Gasteiger partial charge in [0, 0.05) is 5.56 Å². The smallest absolute Gasteiger partial charge is 0.194 e. The quantitative estimate of drug-likeness (QED) is 0.622. The molecule has 1 aromatic rings. The van der Waals surface area contributed by atoms with E-state index in [9.17, 15) is 13.2 Å². The van der Waals surface area contributed by atoms with Crippen molar-refractivity contribution in [3.63, 3.8) is 0 Å². The molecule has 0 amide bonds. The van der Waals surface area contributed by atoms with Gasteiger partial charge in [-0.15, -0.1) is 0 Å². The third kappa shape index (κ3) is 3.00. The van der Waals surface area contributed by atoms with Crippen LogP contribution in [0.4, 0.5) is 13.2 Å². The van der Waals surface area contributed by atoms with Crippen LogP contribution in [-0.2, 0) is 0 Å². The van der Waals surface area contributed by atoms with E-state index in [0.717, 1.165) is 37.3 Å². The SMILES string of the molecule is CCCNC(C1=CCCC1)c1ccc(F)c(F)c1F. The van der Waals surface area contributed by atoms with E-state index in [4.69, 9.17) is 0 Å². The lowest BCUT2D eigenvalue weighted by atomic mass is 9.97. The zero-order valence-corrected chi connectivity index (χ0v) is 11.0. The Balaban J connectivity index is 2.34. The summed E-state index contributed by atoms with van der Waals surface area (Å²) in [6, 6.07) is 1.97. The van der Waals surface area contributed by atoms with Crippen LogP contribution in [0.2, 0.25) is 0 Å². The van der Waals surface area contributed by atoms with Gasteiger partial charge in [0.15, 0.2) is 17.5 Å². The monoisotopic (exact) mass is 269 g/mol. The molecule has 1 unspecified atom stereocenters. The Morgan fingerprint density at radius 3 is 2.63 bits per heavy atom. The van der Waals surface area contributed by atoms with Crippen molar-refractivity contribution >= 4 is 0 Å². The van der Waals surface area contributed by atoms with Crippen LogP contribution in [0.3, 0.4) is 0 Å². The number of hydrogen-bond acceptors (Lipinski definition) is 1. The largest absolute Gasteiger partial charge is 0.306 e. The second-order valence-electron chi connectivity index (χ2n) is 4.82. The van der Waals surface area contributed by atoms with E-state index in [-0.39, 0.29) is 11.6 Å². The normalized spacial score (nSPS) is 16.5. The second-order valence-corrected chi connectivity index (χ2v) is 4.82. The van der Waals surface area contributed by atoms with Gasteiger partial charge in [-0.1, -0.05) is 24.6 Å². The number of halogens is 3. The van der Waals surface area contributed by atoms with Crippen LogP contribution in [0.5, 0.6) is 0 Å². The Labute approximate surface area is 111 Å². The van der Waals surface area contributed by atoms with E-state index in [0.29, 0.717) is 6.54 Å². The number of nitrogens with one attached hydrogen (secondary N) is 1. The van der Waals surface area contributed by atoms with Crippen LogP contribution in [0.25, 0.3) is 0 Å². The molecule has 0 aromatic heterocycles. The number of allylic oxidation sites excluding steroid dienone is 1. The van der Waals surface area contributed by atoms with Crippen LogP contribution >= 0.6 is 0 Å². The number of benzene rings is 1. The first-order valence-corrected chi connectivity index (χ1v) is 6.70. The Bertz CT molecular complexity index is 483. The van der Waals surface area contributed by atoms with Gasteiger partial charge in [0.05, 0.1) is 6.04 Å². The molecular weight excluding hydrogens is 251 g/mol. The highest BCUT2D eigenvalue weighted by Crippen LogP contribution is 2.33. The summed E-state index contributed by atoms with van der Waals surface area (Å²) in [4.78, 5) is 0. The van der Waals surface area contributed by atoms with Crippen molar-refractivity contribution in [2.24, 2.45) is 0 Å². The van der Waals surface area contributed by atoms with Gasteiger partial charge in [0.1, 0.15) is 0 Å². The predicted octanol–water partition coefficient (Wildman–Crippen LogP) is 4.25. The van der Waals surface area contributed by atoms with Gasteiger partial charge in [-0.25, -0.2) is 13.2 Å². The molecule has 104 valence electrons. The Kier molecular flexibility index (Phi) is 4.64. The molecule has 0 radical (unpaired) electrons. The Morgan fingerprint density at radius 2 is 2.00 bits per heavy atom. The summed E-state index contributed by atoms with van der Waals surface area (Å²) in [7, 11) is 0. The molecule has 0 spiro atoms. The highest BCUT2D eigenvalue weighted by molar-refractivity contribution is 5.32. The third-order valence-electron chi connectivity index (χ3n) is 3.42. The molecule has 0 fully saturated rings. The summed E-state index contributed by atoms with van der Waals surface area (Å²) >= 11 is 0. The third-order valence-corrected chi connectivity index (χ3v) is 3.42. The lowest BCUT2D eigenvalue weighted by Gasteiger charge is -2.21. The number of hydrogen-bond donors (Lipinski definition) is 1. The molecule has 0 aliphatic heterocycles. The molecule has 1 nitrogen and oxygen atoms in total. The van der Waals surface area contributed by atoms with Crippen molar-refractivity contribution in [1.82, 2.24) is 5.32 Å². The van der Waals surface area contributed by atoms with Crippen LogP contribution < -0.4 is 5.32 Å². The van der Waals surface area contributed by atoms with Gasteiger partial charge in [-0.3, -0.25) is 0 Å². The van der Waals surface area contributed by atoms with Crippen molar-refractivity contribution in [3.8, 4) is 0 Å². The molecule has 1 atom stereocenters. The van der Waals surface area contributed by atoms with Crippen LogP contribution in [-0.4, -0.2) is 6.54 Å². The maximum absolute atomic E-state index is 13.9. The van der Waals surface area contributed by atoms with E-state index in [1.54, 1.807) is 0 Å². The fraction of sp³-hybridized carbons (Fsp3) is 0.467. The first kappa shape index (κ1) is 14.1. The lowest BCUT2D eigenvalue weighted by molar-refractivity contribution is 0.430.